The Balaban J connectivity index is 1.48. The van der Waals surface area contributed by atoms with Crippen LogP contribution in [0.4, 0.5) is 0 Å². The third-order valence-electron chi connectivity index (χ3n) is 9.98. The van der Waals surface area contributed by atoms with Crippen molar-refractivity contribution in [3.05, 3.63) is 36.0 Å². The van der Waals surface area contributed by atoms with E-state index in [1.807, 2.05) is 24.3 Å². The number of nitrogens with one attached hydrogen (secondary N) is 5. The summed E-state index contributed by atoms with van der Waals surface area (Å²) in [4.78, 5) is 105. The second-order valence-corrected chi connectivity index (χ2v) is 13.7. The highest BCUT2D eigenvalue weighted by atomic mass is 16.4. The Kier molecular flexibility index (Phi) is 12.5. The molecule has 0 unspecified atom stereocenters. The minimum Gasteiger partial charge on any atom is -0.481 e. The number of aliphatic imine (C=N–C) groups is 1. The topological polar surface area (TPSA) is 275 Å². The van der Waals surface area contributed by atoms with Crippen LogP contribution in [-0.2, 0) is 40.0 Å². The molecule has 4 heterocycles. The maximum absolute atomic E-state index is 14.1. The van der Waals surface area contributed by atoms with E-state index < -0.39 is 84.1 Å². The monoisotopic (exact) mass is 736 g/mol. The van der Waals surface area contributed by atoms with E-state index in [1.165, 1.54) is 16.7 Å². The summed E-state index contributed by atoms with van der Waals surface area (Å²) in [5, 5.41) is 21.0. The van der Waals surface area contributed by atoms with Gasteiger partial charge in [0.25, 0.3) is 0 Å². The lowest BCUT2D eigenvalue weighted by Gasteiger charge is -2.34. The molecule has 286 valence electrons. The summed E-state index contributed by atoms with van der Waals surface area (Å²) in [6, 6.07) is 0.721. The molecule has 3 saturated heterocycles. The number of carboxylic acid groups (broad SMARTS) is 1. The largest absolute Gasteiger partial charge is 0.481 e. The molecule has 1 aromatic heterocycles. The summed E-state index contributed by atoms with van der Waals surface area (Å²) < 4.78 is 0. The van der Waals surface area contributed by atoms with Crippen molar-refractivity contribution in [1.82, 2.24) is 36.1 Å². The molecule has 0 bridgehead atoms. The Morgan fingerprint density at radius 3 is 2.17 bits per heavy atom. The number of carboxylic acids is 1. The Morgan fingerprint density at radius 1 is 0.811 bits per heavy atom. The number of nitrogens with zero attached hydrogens (tertiary/aromatic N) is 3. The molecule has 18 nitrogen and oxygen atoms in total. The predicted molar refractivity (Wildman–Crippen MR) is 192 cm³/mol. The van der Waals surface area contributed by atoms with Crippen LogP contribution in [0.25, 0.3) is 10.9 Å². The molecule has 0 aliphatic carbocycles. The van der Waals surface area contributed by atoms with Crippen LogP contribution in [0.3, 0.4) is 0 Å². The zero-order valence-electron chi connectivity index (χ0n) is 29.6. The molecule has 53 heavy (non-hydrogen) atoms. The van der Waals surface area contributed by atoms with Gasteiger partial charge in [-0.1, -0.05) is 18.2 Å². The Bertz CT molecular complexity index is 1760. The lowest BCUT2D eigenvalue weighted by atomic mass is 10.0. The summed E-state index contributed by atoms with van der Waals surface area (Å²) in [6.07, 6.45) is 2.98. The predicted octanol–water partition coefficient (Wildman–Crippen LogP) is -1.42. The number of rotatable bonds is 9. The van der Waals surface area contributed by atoms with Crippen LogP contribution >= 0.6 is 0 Å². The van der Waals surface area contributed by atoms with Crippen LogP contribution in [0.1, 0.15) is 63.9 Å². The minimum atomic E-state index is -1.33. The number of nitrogens with two attached hydrogens (primary N) is 2. The summed E-state index contributed by atoms with van der Waals surface area (Å²) >= 11 is 0. The molecule has 6 atom stereocenters. The second kappa shape index (κ2) is 17.2. The van der Waals surface area contributed by atoms with Gasteiger partial charge in [-0.2, -0.15) is 0 Å². The number of carbonyl (C=O) groups excluding carboxylic acids is 6. The lowest BCUT2D eigenvalue weighted by Crippen LogP contribution is -2.61. The van der Waals surface area contributed by atoms with Crippen LogP contribution in [0.15, 0.2) is 35.5 Å². The van der Waals surface area contributed by atoms with E-state index in [1.54, 1.807) is 6.20 Å². The van der Waals surface area contributed by atoms with Gasteiger partial charge in [-0.05, 0) is 63.5 Å². The van der Waals surface area contributed by atoms with Gasteiger partial charge >= 0.3 is 5.97 Å². The first-order chi connectivity index (χ1) is 25.3. The fraction of sp³-hybridized carbons (Fsp3) is 0.543. The van der Waals surface area contributed by atoms with Crippen LogP contribution in [0.5, 0.6) is 0 Å². The van der Waals surface area contributed by atoms with Crippen molar-refractivity contribution in [3.8, 4) is 0 Å². The number of aromatic nitrogens is 1. The molecule has 0 spiro atoms. The first-order valence-corrected chi connectivity index (χ1v) is 18.0. The number of carbonyl (C=O) groups is 7. The number of benzene rings is 1. The van der Waals surface area contributed by atoms with Gasteiger partial charge in [0.05, 0.1) is 0 Å². The van der Waals surface area contributed by atoms with Crippen molar-refractivity contribution in [3.63, 3.8) is 0 Å². The average molecular weight is 737 g/mol. The molecule has 18 heteroatoms. The van der Waals surface area contributed by atoms with Gasteiger partial charge in [0, 0.05) is 49.6 Å². The number of para-hydroxylation sites is 1. The van der Waals surface area contributed by atoms with Gasteiger partial charge in [0.2, 0.25) is 35.4 Å². The number of aliphatic carboxylic acids is 1. The van der Waals surface area contributed by atoms with Gasteiger partial charge in [-0.15, -0.1) is 0 Å². The molecular formula is C35H48N10O8. The summed E-state index contributed by atoms with van der Waals surface area (Å²) in [7, 11) is 0. The summed E-state index contributed by atoms with van der Waals surface area (Å²) in [5.74, 6) is -5.12. The van der Waals surface area contributed by atoms with Crippen molar-refractivity contribution in [2.75, 3.05) is 19.6 Å². The highest BCUT2D eigenvalue weighted by Gasteiger charge is 2.44. The first-order valence-electron chi connectivity index (χ1n) is 18.0. The van der Waals surface area contributed by atoms with Gasteiger partial charge in [0.15, 0.2) is 5.96 Å². The Hall–Kier alpha value is -5.68. The molecule has 3 aliphatic heterocycles. The molecule has 10 N–H and O–H groups in total. The van der Waals surface area contributed by atoms with Crippen LogP contribution in [0, 0.1) is 0 Å². The summed E-state index contributed by atoms with van der Waals surface area (Å²) in [6.45, 7) is 1.99. The number of fused-ring (bicyclic) bond motifs is 3. The van der Waals surface area contributed by atoms with Crippen molar-refractivity contribution >= 4 is 58.3 Å². The van der Waals surface area contributed by atoms with E-state index in [-0.39, 0.29) is 51.3 Å². The first kappa shape index (κ1) is 38.5. The zero-order chi connectivity index (χ0) is 38.2. The SMILES string of the molecule is C[C@@H]1NC(=O)[C@H](Cc2c[nH]c3ccccc23)NC(=O)[C@@H]2CCCN2C(=O)[C@H]2CCCN2C(=O)[C@H](CCC(=O)O)NC(=O)[C@H](CCCN=C(N)N)NC1=O. The van der Waals surface area contributed by atoms with Crippen LogP contribution in [0.2, 0.25) is 0 Å². The Labute approximate surface area is 305 Å². The molecule has 0 radical (unpaired) electrons. The quantitative estimate of drug-likeness (QED) is 0.0846. The average Bonchev–Trinajstić information content (AvgIpc) is 3.90. The van der Waals surface area contributed by atoms with Crippen LogP contribution in [-0.4, -0.2) is 123 Å². The second-order valence-electron chi connectivity index (χ2n) is 13.7. The van der Waals surface area contributed by atoms with E-state index in [4.69, 9.17) is 11.5 Å². The molecule has 6 amide bonds. The Morgan fingerprint density at radius 2 is 1.45 bits per heavy atom. The van der Waals surface area contributed by atoms with E-state index >= 15 is 0 Å². The number of amides is 6. The van der Waals surface area contributed by atoms with E-state index in [9.17, 15) is 38.7 Å². The molecule has 3 fully saturated rings. The van der Waals surface area contributed by atoms with E-state index in [2.05, 4.69) is 31.2 Å². The number of aromatic amines is 1. The number of hydrogen-bond acceptors (Lipinski definition) is 8. The number of guanidine groups is 1. The lowest BCUT2D eigenvalue weighted by molar-refractivity contribution is -0.148. The molecule has 3 aliphatic rings. The molecule has 0 saturated carbocycles. The minimum absolute atomic E-state index is 0.0231. The van der Waals surface area contributed by atoms with Gasteiger partial charge in [0.1, 0.15) is 36.3 Å². The fourth-order valence-electron chi connectivity index (χ4n) is 7.23. The van der Waals surface area contributed by atoms with Gasteiger partial charge in [-0.3, -0.25) is 38.6 Å². The van der Waals surface area contributed by atoms with Crippen molar-refractivity contribution in [2.45, 2.75) is 101 Å². The smallest absolute Gasteiger partial charge is 0.303 e. The normalized spacial score (nSPS) is 26.1. The number of H-pyrrole nitrogens is 1. The third kappa shape index (κ3) is 9.41. The molecule has 1 aromatic carbocycles. The maximum Gasteiger partial charge on any atom is 0.303 e. The standard InChI is InChI=1S/C35H48N10O8/c1-19-29(48)41-23(9-4-14-38-35(36)37)30(49)42-24(12-13-28(46)47)33(52)45-16-6-11-27(45)34(53)44-15-5-10-26(44)32(51)43-25(31(50)40-19)17-20-18-39-22-8-3-2-7-21(20)22/h2-3,7-8,18-19,23-27,39H,4-6,9-17H2,1H3,(H,40,50)(H,41,48)(H,42,49)(H,43,51)(H,46,47)(H4,36,37,38)/t19-,23-,24-,25-,26-,27+/m0/s1. The molecule has 5 rings (SSSR count). The van der Waals surface area contributed by atoms with E-state index in [0.717, 1.165) is 16.5 Å². The summed E-state index contributed by atoms with van der Waals surface area (Å²) in [5.41, 5.74) is 12.4. The highest BCUT2D eigenvalue weighted by molar-refractivity contribution is 5.99. The van der Waals surface area contributed by atoms with Crippen molar-refractivity contribution in [2.24, 2.45) is 16.5 Å². The zero-order valence-corrected chi connectivity index (χ0v) is 29.6. The maximum atomic E-state index is 14.1. The van der Waals surface area contributed by atoms with Crippen molar-refractivity contribution < 1.29 is 38.7 Å². The molecular weight excluding hydrogens is 688 g/mol. The third-order valence-corrected chi connectivity index (χ3v) is 9.98. The highest BCUT2D eigenvalue weighted by Crippen LogP contribution is 2.27. The van der Waals surface area contributed by atoms with Crippen LogP contribution < -0.4 is 32.7 Å². The fourth-order valence-corrected chi connectivity index (χ4v) is 7.23. The number of hydrogen-bond donors (Lipinski definition) is 8. The van der Waals surface area contributed by atoms with Crippen molar-refractivity contribution in [1.29, 1.82) is 0 Å². The van der Waals surface area contributed by atoms with E-state index in [0.29, 0.717) is 25.7 Å². The molecule has 2 aromatic rings. The van der Waals surface area contributed by atoms with Gasteiger partial charge in [-0.25, -0.2) is 0 Å². The van der Waals surface area contributed by atoms with Gasteiger partial charge < -0.3 is 52.6 Å².